The molecule has 1 heterocycles. The average Bonchev–Trinajstić information content (AvgIpc) is 2.37. The summed E-state index contributed by atoms with van der Waals surface area (Å²) in [5.41, 5.74) is 7.79. The molecule has 0 radical (unpaired) electrons. The Bertz CT molecular complexity index is 617. The molecule has 0 bridgehead atoms. The maximum atomic E-state index is 6.10. The molecule has 100 valence electrons. The highest BCUT2D eigenvalue weighted by atomic mass is 79.9. The normalized spacial score (nSPS) is 10.5. The standard InChI is InChI=1S/C13H12BrCl2N3/c1-2-7-5-8(14)3-4-11(7)18-13-10(16)6-9(15)12(17)19-13/h3-6H,2H2,1H3,(H3,17,18,19). The van der Waals surface area contributed by atoms with Crippen molar-refractivity contribution in [2.45, 2.75) is 13.3 Å². The van der Waals surface area contributed by atoms with Gasteiger partial charge in [0.25, 0.3) is 0 Å². The fraction of sp³-hybridized carbons (Fsp3) is 0.154. The van der Waals surface area contributed by atoms with Gasteiger partial charge in [0.15, 0.2) is 5.82 Å². The number of nitrogens with two attached hydrogens (primary N) is 1. The number of aromatic nitrogens is 1. The highest BCUT2D eigenvalue weighted by Crippen LogP contribution is 2.31. The predicted molar refractivity (Wildman–Crippen MR) is 85.5 cm³/mol. The van der Waals surface area contributed by atoms with Crippen molar-refractivity contribution >= 4 is 56.5 Å². The second-order valence-electron chi connectivity index (χ2n) is 3.97. The fourth-order valence-corrected chi connectivity index (χ4v) is 2.49. The van der Waals surface area contributed by atoms with Crippen molar-refractivity contribution in [3.05, 3.63) is 44.3 Å². The third-order valence-corrected chi connectivity index (χ3v) is 3.74. The van der Waals surface area contributed by atoms with Gasteiger partial charge in [-0.1, -0.05) is 46.1 Å². The number of nitrogens with zero attached hydrogens (tertiary/aromatic N) is 1. The molecule has 0 fully saturated rings. The number of pyridine rings is 1. The lowest BCUT2D eigenvalue weighted by Gasteiger charge is -2.13. The van der Waals surface area contributed by atoms with Crippen LogP contribution in [0.5, 0.6) is 0 Å². The first-order valence-electron chi connectivity index (χ1n) is 5.68. The number of hydrogen-bond acceptors (Lipinski definition) is 3. The number of aryl methyl sites for hydroxylation is 1. The third kappa shape index (κ3) is 3.32. The Morgan fingerprint density at radius 1 is 1.26 bits per heavy atom. The van der Waals surface area contributed by atoms with Gasteiger partial charge in [-0.15, -0.1) is 0 Å². The molecule has 0 unspecified atom stereocenters. The maximum absolute atomic E-state index is 6.10. The molecule has 0 amide bonds. The molecule has 2 aromatic rings. The van der Waals surface area contributed by atoms with Crippen LogP contribution in [0.2, 0.25) is 10.0 Å². The Morgan fingerprint density at radius 3 is 2.68 bits per heavy atom. The van der Waals surface area contributed by atoms with E-state index in [-0.39, 0.29) is 5.82 Å². The zero-order chi connectivity index (χ0) is 14.0. The molecule has 1 aromatic carbocycles. The molecule has 0 aliphatic carbocycles. The monoisotopic (exact) mass is 359 g/mol. The molecule has 0 aliphatic rings. The summed E-state index contributed by atoms with van der Waals surface area (Å²) in [6.45, 7) is 2.08. The minimum Gasteiger partial charge on any atom is -0.382 e. The van der Waals surface area contributed by atoms with Crippen molar-refractivity contribution in [3.8, 4) is 0 Å². The number of nitrogen functional groups attached to an aromatic ring is 1. The minimum absolute atomic E-state index is 0.253. The Balaban J connectivity index is 2.39. The van der Waals surface area contributed by atoms with Crippen molar-refractivity contribution in [3.63, 3.8) is 0 Å². The summed E-state index contributed by atoms with van der Waals surface area (Å²) in [5, 5.41) is 3.97. The van der Waals surface area contributed by atoms with Crippen LogP contribution in [0.15, 0.2) is 28.7 Å². The van der Waals surface area contributed by atoms with E-state index in [1.165, 1.54) is 0 Å². The average molecular weight is 361 g/mol. The molecule has 19 heavy (non-hydrogen) atoms. The lowest BCUT2D eigenvalue weighted by atomic mass is 10.1. The molecule has 3 N–H and O–H groups in total. The molecule has 0 spiro atoms. The summed E-state index contributed by atoms with van der Waals surface area (Å²) in [4.78, 5) is 4.16. The van der Waals surface area contributed by atoms with Crippen LogP contribution in [-0.2, 0) is 6.42 Å². The van der Waals surface area contributed by atoms with Crippen molar-refractivity contribution in [1.29, 1.82) is 0 Å². The Kier molecular flexibility index (Phi) is 4.55. The molecular formula is C13H12BrCl2N3. The van der Waals surface area contributed by atoms with E-state index in [0.29, 0.717) is 15.9 Å². The summed E-state index contributed by atoms with van der Waals surface area (Å²) in [6, 6.07) is 7.55. The van der Waals surface area contributed by atoms with E-state index in [1.54, 1.807) is 6.07 Å². The highest BCUT2D eigenvalue weighted by Gasteiger charge is 2.09. The first-order valence-corrected chi connectivity index (χ1v) is 7.23. The van der Waals surface area contributed by atoms with Gasteiger partial charge in [0.2, 0.25) is 0 Å². The van der Waals surface area contributed by atoms with Crippen molar-refractivity contribution in [2.75, 3.05) is 11.1 Å². The fourth-order valence-electron chi connectivity index (χ4n) is 1.67. The summed E-state index contributed by atoms with van der Waals surface area (Å²) < 4.78 is 1.03. The van der Waals surface area contributed by atoms with Gasteiger partial charge >= 0.3 is 0 Å². The van der Waals surface area contributed by atoms with Gasteiger partial charge in [-0.25, -0.2) is 4.98 Å². The van der Waals surface area contributed by atoms with Gasteiger partial charge in [0.05, 0.1) is 10.0 Å². The molecule has 6 heteroatoms. The summed E-state index contributed by atoms with van der Waals surface area (Å²) in [5.74, 6) is 0.754. The molecule has 3 nitrogen and oxygen atoms in total. The number of hydrogen-bond donors (Lipinski definition) is 2. The van der Waals surface area contributed by atoms with E-state index in [1.807, 2.05) is 12.1 Å². The zero-order valence-corrected chi connectivity index (χ0v) is 13.3. The highest BCUT2D eigenvalue weighted by molar-refractivity contribution is 9.10. The van der Waals surface area contributed by atoms with Crippen molar-refractivity contribution in [1.82, 2.24) is 4.98 Å². The van der Waals surface area contributed by atoms with Crippen LogP contribution in [0.1, 0.15) is 12.5 Å². The zero-order valence-electron chi connectivity index (χ0n) is 10.2. The Morgan fingerprint density at radius 2 is 2.00 bits per heavy atom. The van der Waals surface area contributed by atoms with Crippen molar-refractivity contribution in [2.24, 2.45) is 0 Å². The lowest BCUT2D eigenvalue weighted by molar-refractivity contribution is 1.13. The predicted octanol–water partition coefficient (Wildman–Crippen LogP) is 5.04. The number of rotatable bonds is 3. The van der Waals surface area contributed by atoms with Crippen LogP contribution in [-0.4, -0.2) is 4.98 Å². The van der Waals surface area contributed by atoms with Crippen LogP contribution in [0.25, 0.3) is 0 Å². The van der Waals surface area contributed by atoms with E-state index >= 15 is 0 Å². The molecule has 0 saturated heterocycles. The Labute approximate surface area is 130 Å². The minimum atomic E-state index is 0.253. The number of halogens is 3. The molecule has 0 atom stereocenters. The molecular weight excluding hydrogens is 349 g/mol. The van der Waals surface area contributed by atoms with E-state index in [9.17, 15) is 0 Å². The van der Waals surface area contributed by atoms with Crippen LogP contribution in [0, 0.1) is 0 Å². The quantitative estimate of drug-likeness (QED) is 0.806. The van der Waals surface area contributed by atoms with Gasteiger partial charge in [0, 0.05) is 10.2 Å². The van der Waals surface area contributed by atoms with Crippen molar-refractivity contribution < 1.29 is 0 Å². The molecule has 2 rings (SSSR count). The summed E-state index contributed by atoms with van der Waals surface area (Å²) in [7, 11) is 0. The lowest BCUT2D eigenvalue weighted by Crippen LogP contribution is -2.01. The van der Waals surface area contributed by atoms with Crippen LogP contribution < -0.4 is 11.1 Å². The van der Waals surface area contributed by atoms with Crippen LogP contribution in [0.3, 0.4) is 0 Å². The van der Waals surface area contributed by atoms with E-state index in [4.69, 9.17) is 28.9 Å². The van der Waals surface area contributed by atoms with Gasteiger partial charge in [-0.3, -0.25) is 0 Å². The van der Waals surface area contributed by atoms with E-state index in [2.05, 4.69) is 39.2 Å². The van der Waals surface area contributed by atoms with Crippen LogP contribution >= 0.6 is 39.1 Å². The molecule has 1 aromatic heterocycles. The van der Waals surface area contributed by atoms with Gasteiger partial charge < -0.3 is 11.1 Å². The summed E-state index contributed by atoms with van der Waals surface area (Å²) in [6.07, 6.45) is 0.891. The number of anilines is 3. The molecule has 0 saturated carbocycles. The number of nitrogens with one attached hydrogen (secondary N) is 1. The second-order valence-corrected chi connectivity index (χ2v) is 5.70. The second kappa shape index (κ2) is 5.99. The third-order valence-electron chi connectivity index (χ3n) is 2.66. The summed E-state index contributed by atoms with van der Waals surface area (Å²) >= 11 is 15.4. The topological polar surface area (TPSA) is 50.9 Å². The maximum Gasteiger partial charge on any atom is 0.151 e. The van der Waals surface area contributed by atoms with E-state index in [0.717, 1.165) is 22.1 Å². The first kappa shape index (κ1) is 14.4. The van der Waals surface area contributed by atoms with Gasteiger partial charge in [-0.05, 0) is 36.2 Å². The molecule has 0 aliphatic heterocycles. The largest absolute Gasteiger partial charge is 0.382 e. The number of benzene rings is 1. The first-order chi connectivity index (χ1) is 9.01. The van der Waals surface area contributed by atoms with E-state index < -0.39 is 0 Å². The Hall–Kier alpha value is -0.970. The SMILES string of the molecule is CCc1cc(Br)ccc1Nc1nc(N)c(Cl)cc1Cl. The smallest absolute Gasteiger partial charge is 0.151 e. The van der Waals surface area contributed by atoms with Crippen LogP contribution in [0.4, 0.5) is 17.3 Å². The van der Waals surface area contributed by atoms with Gasteiger partial charge in [-0.2, -0.15) is 0 Å². The van der Waals surface area contributed by atoms with Gasteiger partial charge in [0.1, 0.15) is 5.82 Å².